The van der Waals surface area contributed by atoms with E-state index in [1.54, 1.807) is 0 Å². The van der Waals surface area contributed by atoms with E-state index in [4.69, 9.17) is 5.11 Å². The smallest absolute Gasteiger partial charge is 0.0692 e. The Bertz CT molecular complexity index is 269. The van der Waals surface area contributed by atoms with Crippen molar-refractivity contribution in [1.29, 1.82) is 0 Å². The molecular formula is C9H11BrO. The summed E-state index contributed by atoms with van der Waals surface area (Å²) in [5.41, 5.74) is 3.42. The summed E-state index contributed by atoms with van der Waals surface area (Å²) in [5, 5.41) is 8.90. The summed E-state index contributed by atoms with van der Waals surface area (Å²) >= 11 is 3.38. The van der Waals surface area contributed by atoms with Gasteiger partial charge in [0.1, 0.15) is 0 Å². The Hall–Kier alpha value is -0.340. The molecule has 2 heteroatoms. The Labute approximate surface area is 75.2 Å². The van der Waals surface area contributed by atoms with Gasteiger partial charge in [-0.05, 0) is 36.6 Å². The van der Waals surface area contributed by atoms with Gasteiger partial charge < -0.3 is 5.11 Å². The standard InChI is InChI=1S/C9H11BrO/c1-6-3-8(5-11)9(10)4-7(6)2/h3-4,11H,5H2,1-2H3. The highest BCUT2D eigenvalue weighted by atomic mass is 79.9. The number of rotatable bonds is 1. The van der Waals surface area contributed by atoms with Gasteiger partial charge in [0.25, 0.3) is 0 Å². The second-order valence-corrected chi connectivity index (χ2v) is 3.54. The molecule has 0 amide bonds. The van der Waals surface area contributed by atoms with Gasteiger partial charge in [-0.3, -0.25) is 0 Å². The number of aliphatic hydroxyl groups excluding tert-OH is 1. The van der Waals surface area contributed by atoms with Crippen LogP contribution in [0.4, 0.5) is 0 Å². The van der Waals surface area contributed by atoms with Crippen LogP contribution in [0.15, 0.2) is 16.6 Å². The van der Waals surface area contributed by atoms with Crippen molar-refractivity contribution in [1.82, 2.24) is 0 Å². The lowest BCUT2D eigenvalue weighted by Gasteiger charge is -2.05. The van der Waals surface area contributed by atoms with Crippen LogP contribution in [0.1, 0.15) is 16.7 Å². The normalized spacial score (nSPS) is 10.2. The third kappa shape index (κ3) is 1.82. The monoisotopic (exact) mass is 214 g/mol. The number of halogens is 1. The molecule has 1 N–H and O–H groups in total. The third-order valence-electron chi connectivity index (χ3n) is 1.83. The number of benzene rings is 1. The molecule has 0 atom stereocenters. The van der Waals surface area contributed by atoms with Crippen LogP contribution in [0, 0.1) is 13.8 Å². The van der Waals surface area contributed by atoms with E-state index in [0.717, 1.165) is 10.0 Å². The molecule has 60 valence electrons. The van der Waals surface area contributed by atoms with Gasteiger partial charge in [-0.15, -0.1) is 0 Å². The summed E-state index contributed by atoms with van der Waals surface area (Å²) in [6.45, 7) is 4.20. The van der Waals surface area contributed by atoms with Crippen LogP contribution in [0.3, 0.4) is 0 Å². The SMILES string of the molecule is Cc1cc(Br)c(CO)cc1C. The van der Waals surface area contributed by atoms with Crippen molar-refractivity contribution in [2.45, 2.75) is 20.5 Å². The Morgan fingerprint density at radius 1 is 1.27 bits per heavy atom. The highest BCUT2D eigenvalue weighted by Crippen LogP contribution is 2.20. The van der Waals surface area contributed by atoms with Gasteiger partial charge >= 0.3 is 0 Å². The Kier molecular flexibility index (Phi) is 2.68. The first kappa shape index (κ1) is 8.75. The third-order valence-corrected chi connectivity index (χ3v) is 2.57. The van der Waals surface area contributed by atoms with Gasteiger partial charge in [0.05, 0.1) is 6.61 Å². The van der Waals surface area contributed by atoms with Gasteiger partial charge in [-0.25, -0.2) is 0 Å². The maximum absolute atomic E-state index is 8.90. The molecule has 0 aliphatic carbocycles. The second-order valence-electron chi connectivity index (χ2n) is 2.69. The summed E-state index contributed by atoms with van der Waals surface area (Å²) in [5.74, 6) is 0. The molecule has 0 spiro atoms. The number of hydrogen-bond donors (Lipinski definition) is 1. The number of aryl methyl sites for hydroxylation is 2. The molecule has 1 aromatic rings. The second kappa shape index (κ2) is 3.37. The lowest BCUT2D eigenvalue weighted by Crippen LogP contribution is -1.89. The lowest BCUT2D eigenvalue weighted by atomic mass is 10.1. The minimum Gasteiger partial charge on any atom is -0.392 e. The summed E-state index contributed by atoms with van der Waals surface area (Å²) in [6, 6.07) is 4.03. The van der Waals surface area contributed by atoms with Crippen molar-refractivity contribution >= 4 is 15.9 Å². The van der Waals surface area contributed by atoms with E-state index in [0.29, 0.717) is 0 Å². The van der Waals surface area contributed by atoms with Gasteiger partial charge in [-0.2, -0.15) is 0 Å². The molecule has 0 aromatic heterocycles. The van der Waals surface area contributed by atoms with Crippen molar-refractivity contribution in [2.75, 3.05) is 0 Å². The van der Waals surface area contributed by atoms with E-state index >= 15 is 0 Å². The van der Waals surface area contributed by atoms with Crippen LogP contribution in [0.2, 0.25) is 0 Å². The summed E-state index contributed by atoms with van der Waals surface area (Å²) < 4.78 is 0.989. The largest absolute Gasteiger partial charge is 0.392 e. The van der Waals surface area contributed by atoms with E-state index in [-0.39, 0.29) is 6.61 Å². The summed E-state index contributed by atoms with van der Waals surface area (Å²) in [4.78, 5) is 0. The average molecular weight is 215 g/mol. The zero-order chi connectivity index (χ0) is 8.43. The van der Waals surface area contributed by atoms with Crippen molar-refractivity contribution in [3.8, 4) is 0 Å². The average Bonchev–Trinajstić information content (AvgIpc) is 1.97. The van der Waals surface area contributed by atoms with Gasteiger partial charge in [0.2, 0.25) is 0 Å². The molecule has 0 saturated carbocycles. The summed E-state index contributed by atoms with van der Waals surface area (Å²) in [7, 11) is 0. The fourth-order valence-electron chi connectivity index (χ4n) is 0.962. The molecular weight excluding hydrogens is 204 g/mol. The van der Waals surface area contributed by atoms with Crippen LogP contribution >= 0.6 is 15.9 Å². The minimum atomic E-state index is 0.0989. The predicted octanol–water partition coefficient (Wildman–Crippen LogP) is 2.56. The molecule has 1 aromatic carbocycles. The highest BCUT2D eigenvalue weighted by molar-refractivity contribution is 9.10. The molecule has 0 radical (unpaired) electrons. The van der Waals surface area contributed by atoms with E-state index in [9.17, 15) is 0 Å². The molecule has 0 aliphatic heterocycles. The zero-order valence-electron chi connectivity index (χ0n) is 6.69. The highest BCUT2D eigenvalue weighted by Gasteiger charge is 2.00. The van der Waals surface area contributed by atoms with E-state index in [2.05, 4.69) is 22.9 Å². The predicted molar refractivity (Wildman–Crippen MR) is 49.5 cm³/mol. The van der Waals surface area contributed by atoms with Crippen molar-refractivity contribution in [2.24, 2.45) is 0 Å². The summed E-state index contributed by atoms with van der Waals surface area (Å²) in [6.07, 6.45) is 0. The van der Waals surface area contributed by atoms with Crippen molar-refractivity contribution in [3.05, 3.63) is 33.3 Å². The Morgan fingerprint density at radius 2 is 1.82 bits per heavy atom. The van der Waals surface area contributed by atoms with Crippen molar-refractivity contribution < 1.29 is 5.11 Å². The van der Waals surface area contributed by atoms with E-state index in [1.807, 2.05) is 19.1 Å². The Balaban J connectivity index is 3.21. The van der Waals surface area contributed by atoms with Crippen LogP contribution in [0.5, 0.6) is 0 Å². The first-order chi connectivity index (χ1) is 5.15. The minimum absolute atomic E-state index is 0.0989. The maximum Gasteiger partial charge on any atom is 0.0692 e. The van der Waals surface area contributed by atoms with E-state index < -0.39 is 0 Å². The fourth-order valence-corrected chi connectivity index (χ4v) is 1.55. The molecule has 11 heavy (non-hydrogen) atoms. The van der Waals surface area contributed by atoms with E-state index in [1.165, 1.54) is 11.1 Å². The van der Waals surface area contributed by atoms with Gasteiger partial charge in [-0.1, -0.05) is 22.0 Å². The molecule has 1 rings (SSSR count). The molecule has 0 unspecified atom stereocenters. The van der Waals surface area contributed by atoms with Crippen LogP contribution in [-0.4, -0.2) is 5.11 Å². The molecule has 0 aliphatic rings. The van der Waals surface area contributed by atoms with Gasteiger partial charge in [0, 0.05) is 4.47 Å². The van der Waals surface area contributed by atoms with Crippen molar-refractivity contribution in [3.63, 3.8) is 0 Å². The molecule has 0 fully saturated rings. The van der Waals surface area contributed by atoms with Gasteiger partial charge in [0.15, 0.2) is 0 Å². The first-order valence-corrected chi connectivity index (χ1v) is 4.31. The zero-order valence-corrected chi connectivity index (χ0v) is 8.27. The molecule has 0 heterocycles. The lowest BCUT2D eigenvalue weighted by molar-refractivity contribution is 0.281. The number of hydrogen-bond acceptors (Lipinski definition) is 1. The quantitative estimate of drug-likeness (QED) is 0.763. The fraction of sp³-hybridized carbons (Fsp3) is 0.333. The molecule has 1 nitrogen and oxygen atoms in total. The Morgan fingerprint density at radius 3 is 2.36 bits per heavy atom. The molecule has 0 bridgehead atoms. The molecule has 0 saturated heterocycles. The van der Waals surface area contributed by atoms with Crippen LogP contribution in [-0.2, 0) is 6.61 Å². The van der Waals surface area contributed by atoms with Crippen LogP contribution < -0.4 is 0 Å². The topological polar surface area (TPSA) is 20.2 Å². The maximum atomic E-state index is 8.90. The number of aliphatic hydroxyl groups is 1. The first-order valence-electron chi connectivity index (χ1n) is 3.51. The van der Waals surface area contributed by atoms with Crippen LogP contribution in [0.25, 0.3) is 0 Å².